The van der Waals surface area contributed by atoms with Gasteiger partial charge in [0.25, 0.3) is 0 Å². The summed E-state index contributed by atoms with van der Waals surface area (Å²) in [5, 5.41) is 11.9. The smallest absolute Gasteiger partial charge is 0.341 e. The number of hydrogen-bond donors (Lipinski definition) is 2. The van der Waals surface area contributed by atoms with Crippen LogP contribution in [-0.2, 0) is 16.1 Å². The van der Waals surface area contributed by atoms with Gasteiger partial charge in [0.15, 0.2) is 6.61 Å². The first-order chi connectivity index (χ1) is 12.5. The fourth-order valence-electron chi connectivity index (χ4n) is 3.92. The predicted molar refractivity (Wildman–Crippen MR) is 97.1 cm³/mol. The van der Waals surface area contributed by atoms with Crippen LogP contribution in [0.3, 0.4) is 0 Å². The maximum Gasteiger partial charge on any atom is 0.341 e. The van der Waals surface area contributed by atoms with Crippen molar-refractivity contribution in [3.05, 3.63) is 29.8 Å². The van der Waals surface area contributed by atoms with Gasteiger partial charge < -0.3 is 15.2 Å². The molecule has 2 N–H and O–H groups in total. The van der Waals surface area contributed by atoms with Crippen molar-refractivity contribution in [3.63, 3.8) is 0 Å². The van der Waals surface area contributed by atoms with Gasteiger partial charge in [0.2, 0.25) is 5.91 Å². The van der Waals surface area contributed by atoms with Gasteiger partial charge in [0.05, 0.1) is 0 Å². The maximum atomic E-state index is 12.6. The number of carboxylic acid groups (broad SMARTS) is 1. The quantitative estimate of drug-likeness (QED) is 0.812. The molecule has 26 heavy (non-hydrogen) atoms. The molecule has 7 heteroatoms. The molecule has 0 unspecified atom stereocenters. The number of carboxylic acids is 1. The third kappa shape index (κ3) is 3.99. The third-order valence-corrected chi connectivity index (χ3v) is 5.51. The van der Waals surface area contributed by atoms with Gasteiger partial charge >= 0.3 is 5.97 Å². The molecule has 2 aliphatic rings. The average molecular weight is 361 g/mol. The zero-order valence-electron chi connectivity index (χ0n) is 15.2. The van der Waals surface area contributed by atoms with Crippen molar-refractivity contribution in [1.82, 2.24) is 15.1 Å². The van der Waals surface area contributed by atoms with Gasteiger partial charge in [-0.15, -0.1) is 0 Å². The molecule has 3 rings (SSSR count). The Morgan fingerprint density at radius 3 is 2.73 bits per heavy atom. The fourth-order valence-corrected chi connectivity index (χ4v) is 3.92. The second-order valence-corrected chi connectivity index (χ2v) is 7.13. The molecule has 1 aromatic carbocycles. The number of para-hydroxylation sites is 1. The van der Waals surface area contributed by atoms with E-state index in [0.717, 1.165) is 51.0 Å². The lowest BCUT2D eigenvalue weighted by atomic mass is 9.85. The van der Waals surface area contributed by atoms with Crippen LogP contribution in [-0.4, -0.2) is 72.2 Å². The Kier molecular flexibility index (Phi) is 5.78. The lowest BCUT2D eigenvalue weighted by Gasteiger charge is -2.45. The Labute approximate surface area is 153 Å². The number of nitrogens with zero attached hydrogens (tertiary/aromatic N) is 2. The molecule has 2 fully saturated rings. The van der Waals surface area contributed by atoms with Gasteiger partial charge in [-0.25, -0.2) is 4.79 Å². The van der Waals surface area contributed by atoms with Crippen molar-refractivity contribution in [2.45, 2.75) is 31.3 Å². The monoisotopic (exact) mass is 361 g/mol. The highest BCUT2D eigenvalue weighted by atomic mass is 16.5. The lowest BCUT2D eigenvalue weighted by molar-refractivity contribution is -0.139. The standard InChI is InChI=1S/C19H27N3O4/c1-21-10-4-9-20-18(25)19(21)7-11-22(12-8-19)13-15-5-2-3-6-16(15)26-14-17(23)24/h2-3,5-6H,4,7-14H2,1H3,(H,20,25)(H,23,24). The van der Waals surface area contributed by atoms with E-state index in [-0.39, 0.29) is 12.5 Å². The molecule has 0 radical (unpaired) electrons. The number of hydrogen-bond acceptors (Lipinski definition) is 5. The number of amides is 1. The summed E-state index contributed by atoms with van der Waals surface area (Å²) in [5.74, 6) is -0.219. The minimum atomic E-state index is -0.984. The van der Waals surface area contributed by atoms with Crippen molar-refractivity contribution in [2.75, 3.05) is 39.8 Å². The van der Waals surface area contributed by atoms with Crippen molar-refractivity contribution in [3.8, 4) is 5.75 Å². The molecular weight excluding hydrogens is 334 g/mol. The van der Waals surface area contributed by atoms with E-state index in [0.29, 0.717) is 12.3 Å². The lowest BCUT2D eigenvalue weighted by Crippen LogP contribution is -2.60. The summed E-state index contributed by atoms with van der Waals surface area (Å²) in [6.45, 7) is 3.69. The first-order valence-electron chi connectivity index (χ1n) is 9.16. The second kappa shape index (κ2) is 8.05. The Hall–Kier alpha value is -2.12. The van der Waals surface area contributed by atoms with Crippen LogP contribution in [0.2, 0.25) is 0 Å². The van der Waals surface area contributed by atoms with E-state index in [2.05, 4.69) is 22.2 Å². The van der Waals surface area contributed by atoms with Gasteiger partial charge in [0.1, 0.15) is 11.3 Å². The minimum Gasteiger partial charge on any atom is -0.482 e. The first-order valence-corrected chi connectivity index (χ1v) is 9.16. The van der Waals surface area contributed by atoms with Crippen LogP contribution in [0.1, 0.15) is 24.8 Å². The third-order valence-electron chi connectivity index (χ3n) is 5.51. The molecule has 1 amide bonds. The molecule has 2 aliphatic heterocycles. The molecule has 1 spiro atoms. The van der Waals surface area contributed by atoms with E-state index in [1.54, 1.807) is 6.07 Å². The van der Waals surface area contributed by atoms with Crippen molar-refractivity contribution in [2.24, 2.45) is 0 Å². The van der Waals surface area contributed by atoms with Crippen LogP contribution >= 0.6 is 0 Å². The molecule has 2 saturated heterocycles. The highest BCUT2D eigenvalue weighted by molar-refractivity contribution is 5.86. The number of likely N-dealkylation sites (tertiary alicyclic amines) is 1. The second-order valence-electron chi connectivity index (χ2n) is 7.13. The van der Waals surface area contributed by atoms with Gasteiger partial charge in [-0.2, -0.15) is 0 Å². The molecular formula is C19H27N3O4. The number of carbonyl (C=O) groups is 2. The summed E-state index contributed by atoms with van der Waals surface area (Å²) in [6, 6.07) is 7.54. The number of likely N-dealkylation sites (N-methyl/N-ethyl adjacent to an activating group) is 1. The number of carbonyl (C=O) groups excluding carboxylic acids is 1. The number of piperidine rings is 1. The molecule has 142 valence electrons. The summed E-state index contributed by atoms with van der Waals surface area (Å²) < 4.78 is 5.40. The molecule has 0 aliphatic carbocycles. The number of ether oxygens (including phenoxy) is 1. The SMILES string of the molecule is CN1CCCNC(=O)C12CCN(Cc1ccccc1OCC(=O)O)CC2. The van der Waals surface area contributed by atoms with Crippen LogP contribution < -0.4 is 10.1 Å². The van der Waals surface area contributed by atoms with E-state index in [1.165, 1.54) is 0 Å². The van der Waals surface area contributed by atoms with E-state index < -0.39 is 11.5 Å². The Morgan fingerprint density at radius 2 is 2.00 bits per heavy atom. The molecule has 0 bridgehead atoms. The van der Waals surface area contributed by atoms with E-state index in [9.17, 15) is 9.59 Å². The number of rotatable bonds is 5. The first kappa shape index (κ1) is 18.7. The molecule has 7 nitrogen and oxygen atoms in total. The van der Waals surface area contributed by atoms with Gasteiger partial charge in [-0.05, 0) is 32.4 Å². The number of benzene rings is 1. The van der Waals surface area contributed by atoms with Gasteiger partial charge in [-0.3, -0.25) is 14.6 Å². The normalized spacial score (nSPS) is 21.2. The zero-order valence-corrected chi connectivity index (χ0v) is 15.2. The topological polar surface area (TPSA) is 82.1 Å². The molecule has 2 heterocycles. The molecule has 0 atom stereocenters. The minimum absolute atomic E-state index is 0.155. The summed E-state index contributed by atoms with van der Waals surface area (Å²) in [7, 11) is 2.05. The average Bonchev–Trinajstić information content (AvgIpc) is 2.76. The van der Waals surface area contributed by atoms with Crippen molar-refractivity contribution >= 4 is 11.9 Å². The zero-order chi connectivity index (χ0) is 18.6. The highest BCUT2D eigenvalue weighted by Crippen LogP contribution is 2.31. The van der Waals surface area contributed by atoms with Gasteiger partial charge in [0, 0.05) is 38.3 Å². The predicted octanol–water partition coefficient (Wildman–Crippen LogP) is 0.936. The van der Waals surface area contributed by atoms with Crippen molar-refractivity contribution in [1.29, 1.82) is 0 Å². The highest BCUT2D eigenvalue weighted by Gasteiger charge is 2.45. The van der Waals surface area contributed by atoms with E-state index in [1.807, 2.05) is 18.2 Å². The Bertz CT molecular complexity index is 656. The van der Waals surface area contributed by atoms with Crippen LogP contribution in [0, 0.1) is 0 Å². The Balaban J connectivity index is 1.64. The van der Waals surface area contributed by atoms with Crippen LogP contribution in [0.25, 0.3) is 0 Å². The Morgan fingerprint density at radius 1 is 1.27 bits per heavy atom. The van der Waals surface area contributed by atoms with E-state index >= 15 is 0 Å². The van der Waals surface area contributed by atoms with Crippen molar-refractivity contribution < 1.29 is 19.4 Å². The van der Waals surface area contributed by atoms with Crippen LogP contribution in [0.15, 0.2) is 24.3 Å². The number of nitrogens with one attached hydrogen (secondary N) is 1. The molecule has 1 aromatic rings. The van der Waals surface area contributed by atoms with Crippen LogP contribution in [0.4, 0.5) is 0 Å². The van der Waals surface area contributed by atoms with Gasteiger partial charge in [-0.1, -0.05) is 18.2 Å². The van der Waals surface area contributed by atoms with Crippen LogP contribution in [0.5, 0.6) is 5.75 Å². The summed E-state index contributed by atoms with van der Waals surface area (Å²) >= 11 is 0. The summed E-state index contributed by atoms with van der Waals surface area (Å²) in [4.78, 5) is 27.9. The fraction of sp³-hybridized carbons (Fsp3) is 0.579. The number of aliphatic carboxylic acids is 1. The molecule has 0 aromatic heterocycles. The summed E-state index contributed by atoms with van der Waals surface area (Å²) in [5.41, 5.74) is 0.579. The molecule has 0 saturated carbocycles. The summed E-state index contributed by atoms with van der Waals surface area (Å²) in [6.07, 6.45) is 2.59. The largest absolute Gasteiger partial charge is 0.482 e. The maximum absolute atomic E-state index is 12.6. The van der Waals surface area contributed by atoms with E-state index in [4.69, 9.17) is 9.84 Å².